The van der Waals surface area contributed by atoms with Crippen LogP contribution in [0.1, 0.15) is 24.3 Å². The van der Waals surface area contributed by atoms with Gasteiger partial charge < -0.3 is 5.32 Å². The number of hydrogen-bond donors (Lipinski definition) is 1. The van der Waals surface area contributed by atoms with Crippen molar-refractivity contribution in [3.63, 3.8) is 0 Å². The Kier molecular flexibility index (Phi) is 3.99. The molecule has 1 saturated carbocycles. The average molecular weight is 355 g/mol. The summed E-state index contributed by atoms with van der Waals surface area (Å²) in [5.74, 6) is 0.331. The molecule has 0 bridgehead atoms. The summed E-state index contributed by atoms with van der Waals surface area (Å²) in [4.78, 5) is 0. The van der Waals surface area contributed by atoms with Gasteiger partial charge in [0.25, 0.3) is 0 Å². The Morgan fingerprint density at radius 1 is 1.10 bits per heavy atom. The first-order chi connectivity index (χ1) is 9.61. The SMILES string of the molecule is Fc1cc(Br)ccc1NC1CC(c2ccc(Cl)cc2)C1. The molecule has 1 nitrogen and oxygen atoms in total. The molecule has 1 aliphatic rings. The highest BCUT2D eigenvalue weighted by molar-refractivity contribution is 9.10. The van der Waals surface area contributed by atoms with Gasteiger partial charge in [0.1, 0.15) is 5.82 Å². The van der Waals surface area contributed by atoms with Crippen LogP contribution in [-0.4, -0.2) is 6.04 Å². The molecule has 0 aromatic heterocycles. The van der Waals surface area contributed by atoms with Gasteiger partial charge in [-0.2, -0.15) is 0 Å². The molecule has 0 saturated heterocycles. The smallest absolute Gasteiger partial charge is 0.147 e. The maximum atomic E-state index is 13.7. The van der Waals surface area contributed by atoms with Crippen LogP contribution in [0.2, 0.25) is 5.02 Å². The molecule has 0 aliphatic heterocycles. The van der Waals surface area contributed by atoms with Gasteiger partial charge in [0.05, 0.1) is 5.69 Å². The molecule has 2 aromatic rings. The minimum atomic E-state index is -0.214. The van der Waals surface area contributed by atoms with Crippen LogP contribution in [0.3, 0.4) is 0 Å². The first kappa shape index (κ1) is 13.9. The Hall–Kier alpha value is -1.06. The summed E-state index contributed by atoms with van der Waals surface area (Å²) in [6.07, 6.45) is 2.05. The van der Waals surface area contributed by atoms with Gasteiger partial charge >= 0.3 is 0 Å². The van der Waals surface area contributed by atoms with Crippen LogP contribution in [0.5, 0.6) is 0 Å². The quantitative estimate of drug-likeness (QED) is 0.756. The number of benzene rings is 2. The second-order valence-electron chi connectivity index (χ2n) is 5.19. The number of anilines is 1. The van der Waals surface area contributed by atoms with Crippen molar-refractivity contribution in [3.8, 4) is 0 Å². The van der Waals surface area contributed by atoms with Crippen molar-refractivity contribution in [2.45, 2.75) is 24.8 Å². The van der Waals surface area contributed by atoms with E-state index in [0.717, 1.165) is 22.3 Å². The average Bonchev–Trinajstić information content (AvgIpc) is 2.37. The topological polar surface area (TPSA) is 12.0 Å². The Bertz CT molecular complexity index is 608. The first-order valence-corrected chi connectivity index (χ1v) is 7.76. The highest BCUT2D eigenvalue weighted by Gasteiger charge is 2.30. The van der Waals surface area contributed by atoms with Gasteiger partial charge in [0.15, 0.2) is 0 Å². The van der Waals surface area contributed by atoms with Crippen LogP contribution in [0.25, 0.3) is 0 Å². The molecule has 1 N–H and O–H groups in total. The molecule has 1 aliphatic carbocycles. The van der Waals surface area contributed by atoms with E-state index in [9.17, 15) is 4.39 Å². The third kappa shape index (κ3) is 2.99. The summed E-state index contributed by atoms with van der Waals surface area (Å²) in [6, 6.07) is 13.4. The van der Waals surface area contributed by atoms with E-state index in [-0.39, 0.29) is 5.82 Å². The van der Waals surface area contributed by atoms with Crippen LogP contribution < -0.4 is 5.32 Å². The van der Waals surface area contributed by atoms with E-state index in [1.165, 1.54) is 11.6 Å². The molecule has 3 rings (SSSR count). The second kappa shape index (κ2) is 5.74. The first-order valence-electron chi connectivity index (χ1n) is 6.59. The van der Waals surface area contributed by atoms with Crippen LogP contribution >= 0.6 is 27.5 Å². The highest BCUT2D eigenvalue weighted by Crippen LogP contribution is 2.39. The lowest BCUT2D eigenvalue weighted by molar-refractivity contribution is 0.373. The van der Waals surface area contributed by atoms with Crippen molar-refractivity contribution in [1.29, 1.82) is 0 Å². The zero-order valence-corrected chi connectivity index (χ0v) is 13.1. The predicted molar refractivity (Wildman–Crippen MR) is 84.9 cm³/mol. The number of nitrogens with one attached hydrogen (secondary N) is 1. The van der Waals surface area contributed by atoms with Gasteiger partial charge in [0.2, 0.25) is 0 Å². The Labute approximate surface area is 131 Å². The molecule has 1 fully saturated rings. The molecule has 20 heavy (non-hydrogen) atoms. The van der Waals surface area contributed by atoms with E-state index >= 15 is 0 Å². The highest BCUT2D eigenvalue weighted by atomic mass is 79.9. The van der Waals surface area contributed by atoms with E-state index < -0.39 is 0 Å². The zero-order chi connectivity index (χ0) is 14.1. The molecule has 4 heteroatoms. The van der Waals surface area contributed by atoms with E-state index in [4.69, 9.17) is 11.6 Å². The molecule has 2 aromatic carbocycles. The molecular weight excluding hydrogens is 341 g/mol. The van der Waals surface area contributed by atoms with Gasteiger partial charge in [-0.1, -0.05) is 39.7 Å². The molecule has 0 spiro atoms. The number of hydrogen-bond acceptors (Lipinski definition) is 1. The number of rotatable bonds is 3. The van der Waals surface area contributed by atoms with Crippen molar-refractivity contribution < 1.29 is 4.39 Å². The van der Waals surface area contributed by atoms with Gasteiger partial charge in [-0.15, -0.1) is 0 Å². The lowest BCUT2D eigenvalue weighted by atomic mass is 9.76. The van der Waals surface area contributed by atoms with Crippen molar-refractivity contribution in [2.24, 2.45) is 0 Å². The summed E-state index contributed by atoms with van der Waals surface area (Å²) < 4.78 is 14.5. The fourth-order valence-electron chi connectivity index (χ4n) is 2.57. The van der Waals surface area contributed by atoms with Crippen molar-refractivity contribution in [1.82, 2.24) is 0 Å². The van der Waals surface area contributed by atoms with Gasteiger partial charge in [-0.3, -0.25) is 0 Å². The lowest BCUT2D eigenvalue weighted by Gasteiger charge is -2.37. The second-order valence-corrected chi connectivity index (χ2v) is 6.54. The summed E-state index contributed by atoms with van der Waals surface area (Å²) >= 11 is 9.15. The largest absolute Gasteiger partial charge is 0.380 e. The van der Waals surface area contributed by atoms with Crippen molar-refractivity contribution >= 4 is 33.2 Å². The molecule has 0 amide bonds. The van der Waals surface area contributed by atoms with Crippen LogP contribution in [0.4, 0.5) is 10.1 Å². The fourth-order valence-corrected chi connectivity index (χ4v) is 3.03. The Balaban J connectivity index is 1.59. The van der Waals surface area contributed by atoms with Crippen molar-refractivity contribution in [3.05, 3.63) is 63.3 Å². The van der Waals surface area contributed by atoms with Gasteiger partial charge in [-0.25, -0.2) is 4.39 Å². The van der Waals surface area contributed by atoms with Gasteiger partial charge in [-0.05, 0) is 54.7 Å². The minimum Gasteiger partial charge on any atom is -0.380 e. The monoisotopic (exact) mass is 353 g/mol. The van der Waals surface area contributed by atoms with E-state index in [1.54, 1.807) is 6.07 Å². The maximum Gasteiger partial charge on any atom is 0.147 e. The van der Waals surface area contributed by atoms with E-state index in [2.05, 4.69) is 33.4 Å². The molecule has 0 radical (unpaired) electrons. The van der Waals surface area contributed by atoms with E-state index in [0.29, 0.717) is 17.6 Å². The minimum absolute atomic E-state index is 0.214. The third-order valence-electron chi connectivity index (χ3n) is 3.77. The standard InChI is InChI=1S/C16H14BrClFN/c17-12-3-6-16(15(19)9-12)20-14-7-11(8-14)10-1-4-13(18)5-2-10/h1-6,9,11,14,20H,7-8H2. The molecule has 104 valence electrons. The maximum absolute atomic E-state index is 13.7. The fraction of sp³-hybridized carbons (Fsp3) is 0.250. The van der Waals surface area contributed by atoms with Crippen LogP contribution in [-0.2, 0) is 0 Å². The summed E-state index contributed by atoms with van der Waals surface area (Å²) in [5.41, 5.74) is 1.89. The molecular formula is C16H14BrClFN. The van der Waals surface area contributed by atoms with E-state index in [1.807, 2.05) is 18.2 Å². The van der Waals surface area contributed by atoms with Crippen molar-refractivity contribution in [2.75, 3.05) is 5.32 Å². The Morgan fingerprint density at radius 2 is 1.80 bits per heavy atom. The zero-order valence-electron chi connectivity index (χ0n) is 10.7. The van der Waals surface area contributed by atoms with Gasteiger partial charge in [0, 0.05) is 15.5 Å². The molecule has 0 unspecified atom stereocenters. The lowest BCUT2D eigenvalue weighted by Crippen LogP contribution is -2.34. The Morgan fingerprint density at radius 3 is 2.45 bits per heavy atom. The molecule has 0 atom stereocenters. The normalized spacial score (nSPS) is 21.4. The molecule has 0 heterocycles. The van der Waals surface area contributed by atoms with Crippen LogP contribution in [0.15, 0.2) is 46.9 Å². The predicted octanol–water partition coefficient (Wildman–Crippen LogP) is 5.60. The summed E-state index contributed by atoms with van der Waals surface area (Å²) in [6.45, 7) is 0. The third-order valence-corrected chi connectivity index (χ3v) is 4.52. The summed E-state index contributed by atoms with van der Waals surface area (Å²) in [7, 11) is 0. The number of halogens is 3. The van der Waals surface area contributed by atoms with Crippen LogP contribution in [0, 0.1) is 5.82 Å². The summed E-state index contributed by atoms with van der Waals surface area (Å²) in [5, 5.41) is 4.03.